The van der Waals surface area contributed by atoms with Crippen LogP contribution in [0.1, 0.15) is 5.56 Å². The van der Waals surface area contributed by atoms with Gasteiger partial charge in [0.15, 0.2) is 0 Å². The highest BCUT2D eigenvalue weighted by molar-refractivity contribution is 5.85. The Morgan fingerprint density at radius 3 is 2.53 bits per heavy atom. The first-order valence-corrected chi connectivity index (χ1v) is 4.46. The maximum atomic E-state index is 5.77. The number of halogens is 1. The SMILES string of the molecule is COc1ccc(CNN(C)C)cc1N.Cl. The first kappa shape index (κ1) is 14.0. The molecule has 0 spiro atoms. The van der Waals surface area contributed by atoms with E-state index in [1.807, 2.05) is 37.3 Å². The standard InChI is InChI=1S/C10H17N3O.ClH/c1-13(2)12-7-8-4-5-10(14-3)9(11)6-8;/h4-6,12H,7,11H2,1-3H3;1H. The van der Waals surface area contributed by atoms with Gasteiger partial charge in [0.1, 0.15) is 5.75 Å². The smallest absolute Gasteiger partial charge is 0.141 e. The molecule has 0 aliphatic heterocycles. The highest BCUT2D eigenvalue weighted by Crippen LogP contribution is 2.21. The fourth-order valence-electron chi connectivity index (χ4n) is 1.14. The predicted molar refractivity (Wildman–Crippen MR) is 65.2 cm³/mol. The van der Waals surface area contributed by atoms with Crippen molar-refractivity contribution >= 4 is 18.1 Å². The van der Waals surface area contributed by atoms with Gasteiger partial charge in [-0.3, -0.25) is 10.4 Å². The number of hydrogen-bond acceptors (Lipinski definition) is 4. The molecule has 0 radical (unpaired) electrons. The van der Waals surface area contributed by atoms with Gasteiger partial charge in [0.2, 0.25) is 0 Å². The van der Waals surface area contributed by atoms with Crippen LogP contribution < -0.4 is 15.9 Å². The number of ether oxygens (including phenoxy) is 1. The van der Waals surface area contributed by atoms with Crippen LogP contribution in [0, 0.1) is 0 Å². The largest absolute Gasteiger partial charge is 0.495 e. The lowest BCUT2D eigenvalue weighted by Gasteiger charge is -2.12. The van der Waals surface area contributed by atoms with Gasteiger partial charge in [-0.2, -0.15) is 0 Å². The first-order valence-electron chi connectivity index (χ1n) is 4.46. The molecule has 0 bridgehead atoms. The third kappa shape index (κ3) is 4.38. The van der Waals surface area contributed by atoms with Crippen LogP contribution in [0.3, 0.4) is 0 Å². The summed E-state index contributed by atoms with van der Waals surface area (Å²) in [5, 5.41) is 1.90. The molecule has 1 rings (SSSR count). The molecule has 0 saturated carbocycles. The number of methoxy groups -OCH3 is 1. The van der Waals surface area contributed by atoms with E-state index in [1.165, 1.54) is 0 Å². The number of hydrogen-bond donors (Lipinski definition) is 2. The lowest BCUT2D eigenvalue weighted by molar-refractivity contribution is 0.286. The zero-order valence-electron chi connectivity index (χ0n) is 9.28. The summed E-state index contributed by atoms with van der Waals surface area (Å²) in [5.74, 6) is 0.721. The van der Waals surface area contributed by atoms with E-state index in [4.69, 9.17) is 10.5 Å². The molecule has 0 amide bonds. The third-order valence-electron chi connectivity index (χ3n) is 1.89. The monoisotopic (exact) mass is 231 g/mol. The summed E-state index contributed by atoms with van der Waals surface area (Å²) >= 11 is 0. The van der Waals surface area contributed by atoms with E-state index >= 15 is 0 Å². The second-order valence-corrected chi connectivity index (χ2v) is 3.31. The Morgan fingerprint density at radius 1 is 1.40 bits per heavy atom. The molecule has 1 aromatic rings. The first-order chi connectivity index (χ1) is 6.63. The molecule has 0 aromatic heterocycles. The Hall–Kier alpha value is -0.970. The average Bonchev–Trinajstić information content (AvgIpc) is 2.15. The molecular weight excluding hydrogens is 214 g/mol. The normalized spacial score (nSPS) is 9.87. The van der Waals surface area contributed by atoms with E-state index in [9.17, 15) is 0 Å². The van der Waals surface area contributed by atoms with Crippen molar-refractivity contribution < 1.29 is 4.74 Å². The lowest BCUT2D eigenvalue weighted by atomic mass is 10.2. The molecule has 0 atom stereocenters. The topological polar surface area (TPSA) is 50.5 Å². The summed E-state index contributed by atoms with van der Waals surface area (Å²) < 4.78 is 5.07. The fraction of sp³-hybridized carbons (Fsp3) is 0.400. The van der Waals surface area contributed by atoms with E-state index in [0.29, 0.717) is 5.69 Å². The Kier molecular flexibility index (Phi) is 6.08. The number of nitrogens with one attached hydrogen (secondary N) is 1. The average molecular weight is 232 g/mol. The van der Waals surface area contributed by atoms with E-state index in [-0.39, 0.29) is 12.4 Å². The van der Waals surface area contributed by atoms with Crippen molar-refractivity contribution in [2.75, 3.05) is 26.9 Å². The minimum atomic E-state index is 0. The van der Waals surface area contributed by atoms with Crippen LogP contribution in [0.4, 0.5) is 5.69 Å². The van der Waals surface area contributed by atoms with Crippen LogP contribution in [0.5, 0.6) is 5.75 Å². The summed E-state index contributed by atoms with van der Waals surface area (Å²) in [7, 11) is 5.52. The van der Waals surface area contributed by atoms with Crippen LogP contribution in [0.25, 0.3) is 0 Å². The molecule has 0 saturated heterocycles. The molecule has 0 heterocycles. The number of anilines is 1. The number of nitrogen functional groups attached to an aromatic ring is 1. The van der Waals surface area contributed by atoms with Crippen molar-refractivity contribution in [2.45, 2.75) is 6.54 Å². The van der Waals surface area contributed by atoms with Gasteiger partial charge in [-0.25, -0.2) is 0 Å². The van der Waals surface area contributed by atoms with Gasteiger partial charge in [0.05, 0.1) is 12.8 Å². The molecular formula is C10H18ClN3O. The molecule has 0 unspecified atom stereocenters. The van der Waals surface area contributed by atoms with Crippen LogP contribution in [0.15, 0.2) is 18.2 Å². The molecule has 3 N–H and O–H groups in total. The minimum absolute atomic E-state index is 0. The molecule has 0 fully saturated rings. The summed E-state index contributed by atoms with van der Waals surface area (Å²) in [5.41, 5.74) is 10.7. The van der Waals surface area contributed by atoms with Gasteiger partial charge < -0.3 is 10.5 Å². The van der Waals surface area contributed by atoms with Crippen molar-refractivity contribution in [2.24, 2.45) is 0 Å². The van der Waals surface area contributed by atoms with Crippen LogP contribution >= 0.6 is 12.4 Å². The molecule has 86 valence electrons. The summed E-state index contributed by atoms with van der Waals surface area (Å²) in [6.45, 7) is 0.765. The van der Waals surface area contributed by atoms with Gasteiger partial charge in [0, 0.05) is 20.6 Å². The lowest BCUT2D eigenvalue weighted by Crippen LogP contribution is -2.29. The van der Waals surface area contributed by atoms with Crippen LogP contribution in [-0.4, -0.2) is 26.2 Å². The second-order valence-electron chi connectivity index (χ2n) is 3.31. The summed E-state index contributed by atoms with van der Waals surface area (Å²) in [4.78, 5) is 0. The van der Waals surface area contributed by atoms with Gasteiger partial charge in [-0.1, -0.05) is 6.07 Å². The number of nitrogens with zero attached hydrogens (tertiary/aromatic N) is 1. The van der Waals surface area contributed by atoms with Gasteiger partial charge in [-0.05, 0) is 17.7 Å². The minimum Gasteiger partial charge on any atom is -0.495 e. The molecule has 5 heteroatoms. The quantitative estimate of drug-likeness (QED) is 0.605. The Bertz CT molecular complexity index is 305. The van der Waals surface area contributed by atoms with E-state index in [2.05, 4.69) is 5.43 Å². The third-order valence-corrected chi connectivity index (χ3v) is 1.89. The summed E-state index contributed by atoms with van der Waals surface area (Å²) in [6.07, 6.45) is 0. The maximum absolute atomic E-state index is 5.77. The number of benzene rings is 1. The van der Waals surface area contributed by atoms with Crippen molar-refractivity contribution in [3.05, 3.63) is 23.8 Å². The fourth-order valence-corrected chi connectivity index (χ4v) is 1.14. The molecule has 1 aromatic carbocycles. The zero-order chi connectivity index (χ0) is 10.6. The highest BCUT2D eigenvalue weighted by Gasteiger charge is 2.00. The second kappa shape index (κ2) is 6.50. The van der Waals surface area contributed by atoms with Gasteiger partial charge in [0.25, 0.3) is 0 Å². The van der Waals surface area contributed by atoms with E-state index < -0.39 is 0 Å². The van der Waals surface area contributed by atoms with Crippen LogP contribution in [0.2, 0.25) is 0 Å². The molecule has 0 aliphatic carbocycles. The summed E-state index contributed by atoms with van der Waals surface area (Å²) in [6, 6.07) is 5.78. The van der Waals surface area contributed by atoms with Gasteiger partial charge >= 0.3 is 0 Å². The van der Waals surface area contributed by atoms with Crippen molar-refractivity contribution in [1.29, 1.82) is 0 Å². The maximum Gasteiger partial charge on any atom is 0.141 e. The Labute approximate surface area is 96.8 Å². The number of nitrogens with two attached hydrogens (primary N) is 1. The van der Waals surface area contributed by atoms with Crippen molar-refractivity contribution in [3.63, 3.8) is 0 Å². The zero-order valence-corrected chi connectivity index (χ0v) is 10.1. The predicted octanol–water partition coefficient (Wildman–Crippen LogP) is 1.27. The number of rotatable bonds is 4. The Balaban J connectivity index is 0.00000196. The molecule has 4 nitrogen and oxygen atoms in total. The van der Waals surface area contributed by atoms with E-state index in [0.717, 1.165) is 17.9 Å². The highest BCUT2D eigenvalue weighted by atomic mass is 35.5. The molecule has 15 heavy (non-hydrogen) atoms. The Morgan fingerprint density at radius 2 is 2.07 bits per heavy atom. The van der Waals surface area contributed by atoms with Crippen molar-refractivity contribution in [1.82, 2.24) is 10.4 Å². The van der Waals surface area contributed by atoms with Crippen molar-refractivity contribution in [3.8, 4) is 5.75 Å². The van der Waals surface area contributed by atoms with Gasteiger partial charge in [-0.15, -0.1) is 12.4 Å². The molecule has 0 aliphatic rings. The van der Waals surface area contributed by atoms with E-state index in [1.54, 1.807) is 7.11 Å². The number of hydrazine groups is 1. The van der Waals surface area contributed by atoms with Crippen LogP contribution in [-0.2, 0) is 6.54 Å².